The molecule has 0 unspecified atom stereocenters. The third kappa shape index (κ3) is 4.29. The molecule has 184 valence electrons. The second kappa shape index (κ2) is 9.58. The SMILES string of the molecule is COC1=CC(=O)c2c(c(COc3ccc([N+](=O)[O-])cc3)c(-c3ccc(-c4ccccc4)cc3)n2C)C1=O. The van der Waals surface area contributed by atoms with E-state index in [1.165, 1.54) is 37.5 Å². The van der Waals surface area contributed by atoms with Crippen molar-refractivity contribution >= 4 is 17.3 Å². The van der Waals surface area contributed by atoms with Crippen molar-refractivity contribution in [3.05, 3.63) is 118 Å². The van der Waals surface area contributed by atoms with Gasteiger partial charge in [-0.1, -0.05) is 54.6 Å². The number of carbonyl (C=O) groups is 2. The summed E-state index contributed by atoms with van der Waals surface area (Å²) >= 11 is 0. The van der Waals surface area contributed by atoms with Gasteiger partial charge in [-0.25, -0.2) is 0 Å². The fourth-order valence-corrected chi connectivity index (χ4v) is 4.58. The van der Waals surface area contributed by atoms with Crippen molar-refractivity contribution in [3.63, 3.8) is 0 Å². The number of non-ortho nitro benzene ring substituents is 1. The van der Waals surface area contributed by atoms with Crippen LogP contribution in [-0.2, 0) is 18.4 Å². The van der Waals surface area contributed by atoms with Gasteiger partial charge < -0.3 is 14.0 Å². The van der Waals surface area contributed by atoms with E-state index in [4.69, 9.17) is 9.47 Å². The summed E-state index contributed by atoms with van der Waals surface area (Å²) in [4.78, 5) is 36.8. The lowest BCUT2D eigenvalue weighted by atomic mass is 9.95. The molecule has 1 aromatic heterocycles. The van der Waals surface area contributed by atoms with Crippen LogP contribution < -0.4 is 4.74 Å². The average molecular weight is 495 g/mol. The maximum atomic E-state index is 13.3. The van der Waals surface area contributed by atoms with Crippen LogP contribution in [0, 0.1) is 10.1 Å². The lowest BCUT2D eigenvalue weighted by Gasteiger charge is -2.13. The molecule has 37 heavy (non-hydrogen) atoms. The first-order valence-electron chi connectivity index (χ1n) is 11.5. The Morgan fingerprint density at radius 3 is 2.08 bits per heavy atom. The smallest absolute Gasteiger partial charge is 0.269 e. The lowest BCUT2D eigenvalue weighted by Crippen LogP contribution is -2.20. The van der Waals surface area contributed by atoms with Crippen LogP contribution in [0.4, 0.5) is 5.69 Å². The molecule has 8 heteroatoms. The van der Waals surface area contributed by atoms with Crippen molar-refractivity contribution in [1.29, 1.82) is 0 Å². The minimum atomic E-state index is -0.489. The second-order valence-electron chi connectivity index (χ2n) is 8.50. The van der Waals surface area contributed by atoms with E-state index in [9.17, 15) is 19.7 Å². The normalized spacial score (nSPS) is 12.6. The van der Waals surface area contributed by atoms with E-state index in [1.807, 2.05) is 54.6 Å². The number of Topliss-reactive ketones (excluding diaryl/α,β-unsaturated/α-hetero) is 1. The quantitative estimate of drug-likeness (QED) is 0.239. The van der Waals surface area contributed by atoms with Crippen molar-refractivity contribution in [1.82, 2.24) is 4.57 Å². The fourth-order valence-electron chi connectivity index (χ4n) is 4.58. The lowest BCUT2D eigenvalue weighted by molar-refractivity contribution is -0.384. The molecule has 0 N–H and O–H groups in total. The molecular weight excluding hydrogens is 472 g/mol. The molecule has 8 nitrogen and oxygen atoms in total. The summed E-state index contributed by atoms with van der Waals surface area (Å²) in [6, 6.07) is 23.5. The van der Waals surface area contributed by atoms with E-state index < -0.39 is 10.7 Å². The number of nitrogens with zero attached hydrogens (tertiary/aromatic N) is 2. The van der Waals surface area contributed by atoms with Gasteiger partial charge in [0.15, 0.2) is 5.76 Å². The van der Waals surface area contributed by atoms with Gasteiger partial charge in [-0.15, -0.1) is 0 Å². The Morgan fingerprint density at radius 2 is 1.46 bits per heavy atom. The molecule has 3 aromatic carbocycles. The van der Waals surface area contributed by atoms with Crippen LogP contribution >= 0.6 is 0 Å². The monoisotopic (exact) mass is 494 g/mol. The van der Waals surface area contributed by atoms with Crippen molar-refractivity contribution in [2.75, 3.05) is 7.11 Å². The van der Waals surface area contributed by atoms with Crippen LogP contribution in [0.5, 0.6) is 5.75 Å². The van der Waals surface area contributed by atoms with Crippen molar-refractivity contribution in [2.45, 2.75) is 6.61 Å². The molecule has 4 aromatic rings. The highest BCUT2D eigenvalue weighted by Crippen LogP contribution is 2.37. The molecule has 0 aliphatic heterocycles. The van der Waals surface area contributed by atoms with E-state index in [2.05, 4.69) is 0 Å². The van der Waals surface area contributed by atoms with Crippen molar-refractivity contribution in [2.24, 2.45) is 7.05 Å². The summed E-state index contributed by atoms with van der Waals surface area (Å²) in [6.45, 7) is -0.0350. The Labute approximate surface area is 212 Å². The Kier molecular flexibility index (Phi) is 6.15. The number of nitro groups is 1. The standard InChI is InChI=1S/C29H22N2O6/c1-30-27(20-10-8-19(9-11-20)18-6-4-3-5-7-18)23(17-37-22-14-12-21(13-15-22)31(34)35)26-28(30)24(32)16-25(36-2)29(26)33/h3-16H,17H2,1-2H3. The van der Waals surface area contributed by atoms with Gasteiger partial charge >= 0.3 is 0 Å². The van der Waals surface area contributed by atoms with Crippen LogP contribution in [0.1, 0.15) is 26.4 Å². The highest BCUT2D eigenvalue weighted by molar-refractivity contribution is 6.24. The first-order valence-corrected chi connectivity index (χ1v) is 11.5. The van der Waals surface area contributed by atoms with Crippen molar-refractivity contribution in [3.8, 4) is 28.1 Å². The van der Waals surface area contributed by atoms with Gasteiger partial charge in [-0.2, -0.15) is 0 Å². The Morgan fingerprint density at radius 1 is 0.838 bits per heavy atom. The summed E-state index contributed by atoms with van der Waals surface area (Å²) in [5.41, 5.74) is 4.54. The summed E-state index contributed by atoms with van der Waals surface area (Å²) in [6.07, 6.45) is 1.20. The third-order valence-electron chi connectivity index (χ3n) is 6.36. The van der Waals surface area contributed by atoms with Gasteiger partial charge in [0.1, 0.15) is 18.1 Å². The Bertz CT molecular complexity index is 1550. The summed E-state index contributed by atoms with van der Waals surface area (Å²) in [5, 5.41) is 11.0. The minimum absolute atomic E-state index is 0.0350. The second-order valence-corrected chi connectivity index (χ2v) is 8.50. The molecule has 1 aliphatic rings. The highest BCUT2D eigenvalue weighted by atomic mass is 16.6. The number of methoxy groups -OCH3 is 1. The number of ketones is 2. The maximum Gasteiger partial charge on any atom is 0.269 e. The first-order chi connectivity index (χ1) is 17.9. The molecule has 1 aliphatic carbocycles. The third-order valence-corrected chi connectivity index (χ3v) is 6.36. The molecule has 0 radical (unpaired) electrons. The molecule has 0 amide bonds. The summed E-state index contributed by atoms with van der Waals surface area (Å²) in [5.74, 6) is -0.379. The molecule has 0 fully saturated rings. The average Bonchev–Trinajstić information content (AvgIpc) is 3.22. The Hall–Kier alpha value is -4.98. The number of allylic oxidation sites excluding steroid dienone is 2. The number of nitro benzene ring substituents is 1. The topological polar surface area (TPSA) is 101 Å². The van der Waals surface area contributed by atoms with Crippen LogP contribution in [0.2, 0.25) is 0 Å². The number of hydrogen-bond acceptors (Lipinski definition) is 6. The molecule has 0 bridgehead atoms. The van der Waals surface area contributed by atoms with Gasteiger partial charge in [-0.3, -0.25) is 19.7 Å². The predicted octanol–water partition coefficient (Wildman–Crippen LogP) is 5.76. The van der Waals surface area contributed by atoms with E-state index in [0.29, 0.717) is 17.0 Å². The largest absolute Gasteiger partial charge is 0.492 e. The number of fused-ring (bicyclic) bond motifs is 1. The van der Waals surface area contributed by atoms with Gasteiger partial charge in [0.05, 0.1) is 23.3 Å². The zero-order chi connectivity index (χ0) is 26.1. The van der Waals surface area contributed by atoms with Crippen LogP contribution in [-0.4, -0.2) is 28.2 Å². The maximum absolute atomic E-state index is 13.3. The molecular formula is C29H22N2O6. The van der Waals surface area contributed by atoms with Crippen LogP contribution in [0.3, 0.4) is 0 Å². The van der Waals surface area contributed by atoms with Crippen LogP contribution in [0.25, 0.3) is 22.4 Å². The minimum Gasteiger partial charge on any atom is -0.492 e. The van der Waals surface area contributed by atoms with E-state index >= 15 is 0 Å². The molecule has 0 atom stereocenters. The number of benzene rings is 3. The Balaban J connectivity index is 1.58. The van der Waals surface area contributed by atoms with Crippen molar-refractivity contribution < 1.29 is 24.0 Å². The van der Waals surface area contributed by atoms with E-state index in [-0.39, 0.29) is 35.1 Å². The van der Waals surface area contributed by atoms with Gasteiger partial charge in [-0.05, 0) is 28.8 Å². The summed E-state index contributed by atoms with van der Waals surface area (Å²) < 4.78 is 12.8. The molecule has 1 heterocycles. The van der Waals surface area contributed by atoms with Gasteiger partial charge in [0.2, 0.25) is 11.6 Å². The number of rotatable bonds is 7. The summed E-state index contributed by atoms with van der Waals surface area (Å²) in [7, 11) is 3.09. The number of ether oxygens (including phenoxy) is 2. The predicted molar refractivity (Wildman–Crippen MR) is 137 cm³/mol. The first kappa shape index (κ1) is 23.7. The molecule has 0 saturated carbocycles. The number of carbonyl (C=O) groups excluding carboxylic acids is 2. The molecule has 0 spiro atoms. The molecule has 5 rings (SSSR count). The molecule has 0 saturated heterocycles. The van der Waals surface area contributed by atoms with E-state index in [1.54, 1.807) is 11.6 Å². The highest BCUT2D eigenvalue weighted by Gasteiger charge is 2.35. The van der Waals surface area contributed by atoms with Crippen LogP contribution in [0.15, 0.2) is 90.7 Å². The zero-order valence-electron chi connectivity index (χ0n) is 20.1. The number of hydrogen-bond donors (Lipinski definition) is 0. The van der Waals surface area contributed by atoms with Gasteiger partial charge in [0.25, 0.3) is 5.69 Å². The van der Waals surface area contributed by atoms with Gasteiger partial charge in [0, 0.05) is 30.8 Å². The van der Waals surface area contributed by atoms with E-state index in [0.717, 1.165) is 16.7 Å². The fraction of sp³-hybridized carbons (Fsp3) is 0.103. The zero-order valence-corrected chi connectivity index (χ0v) is 20.1. The number of aromatic nitrogens is 1.